The van der Waals surface area contributed by atoms with E-state index in [1.807, 2.05) is 0 Å². The van der Waals surface area contributed by atoms with E-state index < -0.39 is 41.4 Å². The summed E-state index contributed by atoms with van der Waals surface area (Å²) < 4.78 is 43.3. The molecule has 0 aliphatic rings. The minimum atomic E-state index is -4.50. The van der Waals surface area contributed by atoms with Gasteiger partial charge in [-0.2, -0.15) is 13.2 Å². The van der Waals surface area contributed by atoms with Gasteiger partial charge >= 0.3 is 12.3 Å². The van der Waals surface area contributed by atoms with Gasteiger partial charge in [0.05, 0.1) is 16.9 Å². The predicted octanol–water partition coefficient (Wildman–Crippen LogP) is 6.38. The molecule has 3 aromatic carbocycles. The minimum Gasteiger partial charge on any atom is -0.444 e. The Hall–Kier alpha value is -4.64. The van der Waals surface area contributed by atoms with Gasteiger partial charge in [-0.3, -0.25) is 14.9 Å². The Balaban J connectivity index is 1.58. The highest BCUT2D eigenvalue weighted by Gasteiger charge is 2.30. The zero-order chi connectivity index (χ0) is 29.5. The molecule has 3 rings (SSSR count). The number of para-hydroxylation sites is 2. The molecule has 11 heteroatoms. The standard InChI is InChI=1S/C29H28F3N3O5/c1-28(2,3)40-27(39)35-23-7-5-4-6-22(23)34-24(36)17-10-18-8-11-19(12-9-18)25(37)26(38)33-21-15-13-20(14-16-21)29(30,31)32/h4-17,25,37H,1-3H3,(H,33,38)(H,34,36)(H,35,39). The number of aliphatic hydroxyl groups excluding tert-OH is 1. The maximum Gasteiger partial charge on any atom is 0.416 e. The van der Waals surface area contributed by atoms with Crippen LogP contribution in [0.15, 0.2) is 78.9 Å². The monoisotopic (exact) mass is 555 g/mol. The third-order valence-corrected chi connectivity index (χ3v) is 5.23. The minimum absolute atomic E-state index is 0.102. The summed E-state index contributed by atoms with van der Waals surface area (Å²) in [5.74, 6) is -1.29. The Morgan fingerprint density at radius 2 is 1.40 bits per heavy atom. The first-order valence-corrected chi connectivity index (χ1v) is 12.1. The second-order valence-corrected chi connectivity index (χ2v) is 9.63. The van der Waals surface area contributed by atoms with Crippen LogP contribution in [0.25, 0.3) is 6.08 Å². The molecule has 4 N–H and O–H groups in total. The molecule has 40 heavy (non-hydrogen) atoms. The number of hydrogen-bond donors (Lipinski definition) is 4. The highest BCUT2D eigenvalue weighted by atomic mass is 19.4. The molecular weight excluding hydrogens is 527 g/mol. The van der Waals surface area contributed by atoms with Crippen LogP contribution in [0.4, 0.5) is 35.0 Å². The number of benzene rings is 3. The van der Waals surface area contributed by atoms with Crippen molar-refractivity contribution in [2.75, 3.05) is 16.0 Å². The van der Waals surface area contributed by atoms with Crippen molar-refractivity contribution in [2.45, 2.75) is 38.7 Å². The van der Waals surface area contributed by atoms with Gasteiger partial charge in [-0.25, -0.2) is 4.79 Å². The van der Waals surface area contributed by atoms with Crippen LogP contribution in [0.2, 0.25) is 0 Å². The molecule has 1 unspecified atom stereocenters. The molecule has 0 spiro atoms. The highest BCUT2D eigenvalue weighted by molar-refractivity contribution is 6.05. The first kappa shape index (κ1) is 29.9. The number of hydrogen-bond acceptors (Lipinski definition) is 5. The Kier molecular flexibility index (Phi) is 9.33. The zero-order valence-electron chi connectivity index (χ0n) is 21.9. The number of carbonyl (C=O) groups is 3. The molecule has 0 aliphatic carbocycles. The summed E-state index contributed by atoms with van der Waals surface area (Å²) in [6.07, 6.45) is -3.95. The topological polar surface area (TPSA) is 117 Å². The van der Waals surface area contributed by atoms with Crippen LogP contribution in [0.1, 0.15) is 43.6 Å². The molecule has 0 saturated heterocycles. The van der Waals surface area contributed by atoms with Crippen LogP contribution in [0.3, 0.4) is 0 Å². The lowest BCUT2D eigenvalue weighted by atomic mass is 10.1. The average molecular weight is 556 g/mol. The number of amides is 3. The average Bonchev–Trinajstić information content (AvgIpc) is 2.87. The van der Waals surface area contributed by atoms with Crippen LogP contribution >= 0.6 is 0 Å². The second-order valence-electron chi connectivity index (χ2n) is 9.63. The number of ether oxygens (including phenoxy) is 1. The fourth-order valence-corrected chi connectivity index (χ4v) is 3.35. The van der Waals surface area contributed by atoms with Crippen molar-refractivity contribution in [3.8, 4) is 0 Å². The molecule has 0 aromatic heterocycles. The molecule has 8 nitrogen and oxygen atoms in total. The van der Waals surface area contributed by atoms with Crippen molar-refractivity contribution >= 4 is 41.0 Å². The first-order valence-electron chi connectivity index (χ1n) is 12.1. The van der Waals surface area contributed by atoms with Gasteiger partial charge in [0.1, 0.15) is 5.60 Å². The third-order valence-electron chi connectivity index (χ3n) is 5.23. The van der Waals surface area contributed by atoms with Gasteiger partial charge in [0.25, 0.3) is 5.91 Å². The van der Waals surface area contributed by atoms with E-state index in [4.69, 9.17) is 4.74 Å². The summed E-state index contributed by atoms with van der Waals surface area (Å²) in [7, 11) is 0. The Bertz CT molecular complexity index is 1380. The number of carbonyl (C=O) groups excluding carboxylic acids is 3. The smallest absolute Gasteiger partial charge is 0.416 e. The molecule has 0 bridgehead atoms. The van der Waals surface area contributed by atoms with Crippen molar-refractivity contribution in [2.24, 2.45) is 0 Å². The van der Waals surface area contributed by atoms with Gasteiger partial charge in [0.15, 0.2) is 6.10 Å². The zero-order valence-corrected chi connectivity index (χ0v) is 21.9. The van der Waals surface area contributed by atoms with Crippen LogP contribution < -0.4 is 16.0 Å². The number of halogens is 3. The predicted molar refractivity (Wildman–Crippen MR) is 145 cm³/mol. The summed E-state index contributed by atoms with van der Waals surface area (Å²) in [6.45, 7) is 5.20. The Labute approximate surface area is 228 Å². The molecule has 0 fully saturated rings. The molecule has 0 aliphatic heterocycles. The van der Waals surface area contributed by atoms with Crippen LogP contribution in [0.5, 0.6) is 0 Å². The van der Waals surface area contributed by atoms with Gasteiger partial charge in [0, 0.05) is 11.8 Å². The molecule has 3 aromatic rings. The maximum atomic E-state index is 12.7. The van der Waals surface area contributed by atoms with E-state index in [0.29, 0.717) is 16.9 Å². The van der Waals surface area contributed by atoms with E-state index in [1.54, 1.807) is 57.2 Å². The lowest BCUT2D eigenvalue weighted by Gasteiger charge is -2.20. The van der Waals surface area contributed by atoms with Crippen LogP contribution in [-0.4, -0.2) is 28.6 Å². The lowest BCUT2D eigenvalue weighted by molar-refractivity contribution is -0.137. The Morgan fingerprint density at radius 3 is 1.95 bits per heavy atom. The van der Waals surface area contributed by atoms with E-state index >= 15 is 0 Å². The fraction of sp³-hybridized carbons (Fsp3) is 0.207. The summed E-state index contributed by atoms with van der Waals surface area (Å²) in [5.41, 5.74) is 0.108. The van der Waals surface area contributed by atoms with Crippen molar-refractivity contribution < 1.29 is 37.4 Å². The van der Waals surface area contributed by atoms with Gasteiger partial charge in [-0.05, 0) is 74.4 Å². The number of rotatable bonds is 7. The third kappa shape index (κ3) is 8.98. The number of anilines is 3. The summed E-state index contributed by atoms with van der Waals surface area (Å²) >= 11 is 0. The van der Waals surface area contributed by atoms with Gasteiger partial charge < -0.3 is 20.5 Å². The van der Waals surface area contributed by atoms with Crippen molar-refractivity contribution in [3.05, 3.63) is 95.6 Å². The lowest BCUT2D eigenvalue weighted by Crippen LogP contribution is -2.27. The molecule has 1 atom stereocenters. The Morgan fingerprint density at radius 1 is 0.825 bits per heavy atom. The van der Waals surface area contributed by atoms with Gasteiger partial charge in [-0.1, -0.05) is 36.4 Å². The second kappa shape index (κ2) is 12.5. The van der Waals surface area contributed by atoms with Crippen molar-refractivity contribution in [3.63, 3.8) is 0 Å². The van der Waals surface area contributed by atoms with E-state index in [-0.39, 0.29) is 11.3 Å². The fourth-order valence-electron chi connectivity index (χ4n) is 3.35. The van der Waals surface area contributed by atoms with Gasteiger partial charge in [0.2, 0.25) is 5.91 Å². The van der Waals surface area contributed by atoms with Gasteiger partial charge in [-0.15, -0.1) is 0 Å². The van der Waals surface area contributed by atoms with Crippen LogP contribution in [-0.2, 0) is 20.5 Å². The quantitative estimate of drug-likeness (QED) is 0.253. The molecule has 3 amide bonds. The number of alkyl halides is 3. The first-order chi connectivity index (χ1) is 18.7. The van der Waals surface area contributed by atoms with Crippen molar-refractivity contribution in [1.29, 1.82) is 0 Å². The molecule has 210 valence electrons. The summed E-state index contributed by atoms with van der Waals surface area (Å²) in [6, 6.07) is 16.6. The maximum absolute atomic E-state index is 12.7. The highest BCUT2D eigenvalue weighted by Crippen LogP contribution is 2.30. The molecule has 0 radical (unpaired) electrons. The van der Waals surface area contributed by atoms with E-state index in [9.17, 15) is 32.7 Å². The number of nitrogens with one attached hydrogen (secondary N) is 3. The number of aliphatic hydroxyl groups is 1. The summed E-state index contributed by atoms with van der Waals surface area (Å²) in [5, 5.41) is 18.0. The largest absolute Gasteiger partial charge is 0.444 e. The van der Waals surface area contributed by atoms with Crippen molar-refractivity contribution in [1.82, 2.24) is 0 Å². The van der Waals surface area contributed by atoms with E-state index in [0.717, 1.165) is 24.3 Å². The molecular formula is C29H28F3N3O5. The van der Waals surface area contributed by atoms with E-state index in [2.05, 4.69) is 16.0 Å². The van der Waals surface area contributed by atoms with Crippen LogP contribution in [0, 0.1) is 0 Å². The summed E-state index contributed by atoms with van der Waals surface area (Å²) in [4.78, 5) is 36.9. The SMILES string of the molecule is CC(C)(C)OC(=O)Nc1ccccc1NC(=O)C=Cc1ccc(C(O)C(=O)Nc2ccc(C(F)(F)F)cc2)cc1. The van der Waals surface area contributed by atoms with E-state index in [1.165, 1.54) is 24.3 Å². The molecule has 0 heterocycles. The normalized spacial score (nSPS) is 12.5. The molecule has 0 saturated carbocycles.